The molecule has 90 heavy (non-hydrogen) atoms. The number of hydrogen-bond acceptors (Lipinski definition) is 16. The largest absolute Gasteiger partial charge is 0.496 e. The molecule has 22 heteroatoms. The van der Waals surface area contributed by atoms with Crippen molar-refractivity contribution in [2.75, 3.05) is 81.9 Å². The molecule has 0 saturated carbocycles. The van der Waals surface area contributed by atoms with Crippen LogP contribution in [0.4, 0.5) is 0 Å². The number of Topliss-reactive ketones (excluding diaryl/α,β-unsaturated/α-hetero) is 1. The molecule has 0 unspecified atom stereocenters. The number of methoxy groups -OCH3 is 3. The molecule has 490 valence electrons. The van der Waals surface area contributed by atoms with E-state index in [1.54, 1.807) is 50.4 Å². The molecule has 1 fully saturated rings. The summed E-state index contributed by atoms with van der Waals surface area (Å²) in [4.78, 5) is 130. The number of carbonyl (C=O) groups excluding carboxylic acids is 9. The third kappa shape index (κ3) is 20.2. The summed E-state index contributed by atoms with van der Waals surface area (Å²) in [6.45, 7) is 14.6. The summed E-state index contributed by atoms with van der Waals surface area (Å²) in [5.41, 5.74) is -0.267. The van der Waals surface area contributed by atoms with Crippen LogP contribution < -0.4 is 29.6 Å². The smallest absolute Gasteiger partial charge is 0.330 e. The molecule has 5 rings (SSSR count). The van der Waals surface area contributed by atoms with Crippen molar-refractivity contribution in [2.24, 2.45) is 5.41 Å². The number of amides is 6. The van der Waals surface area contributed by atoms with Gasteiger partial charge in [-0.2, -0.15) is 0 Å². The Bertz CT molecular complexity index is 3180. The SMILES string of the molecule is C=CC(=O)OCC(C)(C)C(=O)C(=O)N1CCCC[C@H]1C(=O)O[C@H](CCc1cc(OC)c(OC)cc1OC)c1cccc(OCC(=O)N(C)[C@@H](CCCC)C(=O)N[C@@H](Cc2ccc3ccccc3c2)C(=O)N(C)[C@@H](COC(C)(C)C)C(=O)NCC(=O)N(C)CC)c1. The van der Waals surface area contributed by atoms with Gasteiger partial charge in [-0.1, -0.05) is 80.9 Å². The number of nitrogens with one attached hydrogen (secondary N) is 2. The zero-order valence-electron chi connectivity index (χ0n) is 54.6. The molecule has 0 aromatic heterocycles. The Labute approximate surface area is 529 Å². The van der Waals surface area contributed by atoms with Crippen molar-refractivity contribution in [3.8, 4) is 23.0 Å². The number of rotatable bonds is 33. The van der Waals surface area contributed by atoms with Crippen LogP contribution in [0, 0.1) is 5.41 Å². The lowest BCUT2D eigenvalue weighted by molar-refractivity contribution is -0.165. The summed E-state index contributed by atoms with van der Waals surface area (Å²) < 4.78 is 40.6. The summed E-state index contributed by atoms with van der Waals surface area (Å²) >= 11 is 0. The van der Waals surface area contributed by atoms with Crippen molar-refractivity contribution in [1.82, 2.24) is 30.2 Å². The van der Waals surface area contributed by atoms with E-state index >= 15 is 0 Å². The number of ether oxygens (including phenoxy) is 7. The van der Waals surface area contributed by atoms with Gasteiger partial charge in [0.1, 0.15) is 48.4 Å². The number of hydrogen-bond donors (Lipinski definition) is 2. The topological polar surface area (TPSA) is 255 Å². The maximum absolute atomic E-state index is 15.0. The van der Waals surface area contributed by atoms with Crippen LogP contribution in [-0.2, 0) is 70.2 Å². The summed E-state index contributed by atoms with van der Waals surface area (Å²) in [7, 11) is 9.06. The number of esters is 2. The van der Waals surface area contributed by atoms with E-state index in [0.717, 1.165) is 16.8 Å². The average Bonchev–Trinajstić information content (AvgIpc) is 2.37. The van der Waals surface area contributed by atoms with Crippen molar-refractivity contribution >= 4 is 63.9 Å². The first-order valence-corrected chi connectivity index (χ1v) is 30.5. The summed E-state index contributed by atoms with van der Waals surface area (Å²) in [6, 6.07) is 18.8. The van der Waals surface area contributed by atoms with Gasteiger partial charge in [0.2, 0.25) is 29.4 Å². The maximum Gasteiger partial charge on any atom is 0.330 e. The minimum Gasteiger partial charge on any atom is -0.496 e. The molecule has 0 radical (unpaired) electrons. The highest BCUT2D eigenvalue weighted by molar-refractivity contribution is 6.38. The van der Waals surface area contributed by atoms with E-state index in [-0.39, 0.29) is 70.1 Å². The summed E-state index contributed by atoms with van der Waals surface area (Å²) in [6.07, 6.45) is 3.12. The molecular formula is C68H92N6O16. The molecular weight excluding hydrogens is 1160 g/mol. The Morgan fingerprint density at radius 3 is 2.10 bits per heavy atom. The molecule has 22 nitrogen and oxygen atoms in total. The van der Waals surface area contributed by atoms with E-state index in [0.29, 0.717) is 66.2 Å². The second-order valence-corrected chi connectivity index (χ2v) is 24.0. The predicted octanol–water partition coefficient (Wildman–Crippen LogP) is 7.15. The Hall–Kier alpha value is -8.53. The fraction of sp³-hybridized carbons (Fsp3) is 0.515. The van der Waals surface area contributed by atoms with E-state index < -0.39 is 95.2 Å². The molecule has 1 aliphatic rings. The van der Waals surface area contributed by atoms with Crippen LogP contribution in [-0.4, -0.2) is 184 Å². The number of nitrogens with zero attached hydrogens (tertiary/aromatic N) is 4. The van der Waals surface area contributed by atoms with Gasteiger partial charge < -0.3 is 63.4 Å². The van der Waals surface area contributed by atoms with E-state index in [1.807, 2.05) is 70.2 Å². The van der Waals surface area contributed by atoms with Gasteiger partial charge in [-0.05, 0) is 126 Å². The third-order valence-electron chi connectivity index (χ3n) is 15.9. The molecule has 1 heterocycles. The Morgan fingerprint density at radius 1 is 0.756 bits per heavy atom. The van der Waals surface area contributed by atoms with Crippen molar-refractivity contribution in [3.05, 3.63) is 108 Å². The molecule has 4 aromatic rings. The number of ketones is 1. The van der Waals surface area contributed by atoms with Gasteiger partial charge in [0.05, 0.1) is 45.5 Å². The van der Waals surface area contributed by atoms with Gasteiger partial charge in [-0.3, -0.25) is 33.6 Å². The molecule has 0 aliphatic carbocycles. The number of aryl methyl sites for hydroxylation is 1. The fourth-order valence-electron chi connectivity index (χ4n) is 10.2. The van der Waals surface area contributed by atoms with Crippen molar-refractivity contribution in [1.29, 1.82) is 0 Å². The highest BCUT2D eigenvalue weighted by atomic mass is 16.5. The van der Waals surface area contributed by atoms with Crippen LogP contribution >= 0.6 is 0 Å². The first-order valence-electron chi connectivity index (χ1n) is 30.5. The van der Waals surface area contributed by atoms with Crippen molar-refractivity contribution in [3.63, 3.8) is 0 Å². The zero-order chi connectivity index (χ0) is 66.5. The fourth-order valence-corrected chi connectivity index (χ4v) is 10.2. The van der Waals surface area contributed by atoms with E-state index in [9.17, 15) is 43.2 Å². The molecule has 2 N–H and O–H groups in total. The molecule has 0 spiro atoms. The molecule has 4 aromatic carbocycles. The molecule has 0 bridgehead atoms. The highest BCUT2D eigenvalue weighted by Gasteiger charge is 2.43. The minimum atomic E-state index is -1.42. The van der Waals surface area contributed by atoms with Gasteiger partial charge >= 0.3 is 11.9 Å². The second-order valence-electron chi connectivity index (χ2n) is 24.0. The van der Waals surface area contributed by atoms with Crippen LogP contribution in [0.3, 0.4) is 0 Å². The quantitative estimate of drug-likeness (QED) is 0.0273. The lowest BCUT2D eigenvalue weighted by Gasteiger charge is -2.36. The monoisotopic (exact) mass is 1250 g/mol. The number of piperidine rings is 1. The highest BCUT2D eigenvalue weighted by Crippen LogP contribution is 2.37. The van der Waals surface area contributed by atoms with Crippen LogP contribution in [0.25, 0.3) is 10.8 Å². The van der Waals surface area contributed by atoms with Crippen LogP contribution in [0.5, 0.6) is 23.0 Å². The lowest BCUT2D eigenvalue weighted by Crippen LogP contribution is -2.59. The van der Waals surface area contributed by atoms with Gasteiger partial charge in [-0.25, -0.2) is 9.59 Å². The standard InChI is InChI=1S/C68H92N6O16/c1-15-18-28-51(63(80)70-50(36-44-30-31-45-24-19-20-25-46(45)35-44)64(81)73(11)53(41-89-67(4,5)6)62(79)69-40-58(75)71(9)17-3)72(10)59(76)42-87-49-27-23-26-47(37-49)54(33-32-48-38-56(85-13)57(86-14)39-55(48)84-12)90-66(83)52-29-21-22-34-74(52)65(82)61(78)68(7,8)43-88-60(77)16-2/h16,19-20,23-27,30-31,35,37-39,50-54H,2,15,17-18,21-22,28-29,32-34,36,40-43H2,1,3-14H3,(H,69,79)(H,70,80)/t50-,51-,52-,53-,54+/m0/s1. The molecule has 1 saturated heterocycles. The summed E-state index contributed by atoms with van der Waals surface area (Å²) in [5, 5.41) is 7.51. The van der Waals surface area contributed by atoms with Crippen LogP contribution in [0.1, 0.15) is 116 Å². The number of benzene rings is 4. The third-order valence-corrected chi connectivity index (χ3v) is 15.9. The average molecular weight is 1250 g/mol. The summed E-state index contributed by atoms with van der Waals surface area (Å²) in [5.74, 6) is -4.48. The van der Waals surface area contributed by atoms with Crippen LogP contribution in [0.15, 0.2) is 91.5 Å². The Kier molecular flexibility index (Phi) is 27.2. The molecule has 6 amide bonds. The van der Waals surface area contributed by atoms with Crippen molar-refractivity contribution in [2.45, 2.75) is 142 Å². The van der Waals surface area contributed by atoms with Crippen LogP contribution in [0.2, 0.25) is 0 Å². The number of likely N-dealkylation sites (N-methyl/N-ethyl adjacent to an activating group) is 3. The first kappa shape index (κ1) is 72.2. The van der Waals surface area contributed by atoms with Gasteiger partial charge in [0, 0.05) is 52.8 Å². The van der Waals surface area contributed by atoms with E-state index in [1.165, 1.54) is 68.9 Å². The predicted molar refractivity (Wildman–Crippen MR) is 339 cm³/mol. The second kappa shape index (κ2) is 33.9. The minimum absolute atomic E-state index is 0.00932. The Morgan fingerprint density at radius 2 is 1.44 bits per heavy atom. The van der Waals surface area contributed by atoms with Gasteiger partial charge in [0.25, 0.3) is 11.8 Å². The van der Waals surface area contributed by atoms with Crippen molar-refractivity contribution < 1.29 is 76.3 Å². The first-order chi connectivity index (χ1) is 42.7. The maximum atomic E-state index is 15.0. The number of fused-ring (bicyclic) bond motifs is 1. The lowest BCUT2D eigenvalue weighted by atomic mass is 9.87. The number of likely N-dealkylation sites (tertiary alicyclic amines) is 1. The van der Waals surface area contributed by atoms with Gasteiger partial charge in [0.15, 0.2) is 18.1 Å². The normalized spacial score (nSPS) is 14.5. The Balaban J connectivity index is 1.43. The molecule has 1 aliphatic heterocycles. The van der Waals surface area contributed by atoms with E-state index in [4.69, 9.17) is 33.2 Å². The zero-order valence-corrected chi connectivity index (χ0v) is 54.6. The van der Waals surface area contributed by atoms with E-state index in [2.05, 4.69) is 17.2 Å². The number of unbranched alkanes of at least 4 members (excludes halogenated alkanes) is 1. The number of carbonyl (C=O) groups is 9. The molecule has 5 atom stereocenters. The van der Waals surface area contributed by atoms with Gasteiger partial charge in [-0.15, -0.1) is 0 Å².